The second-order valence-corrected chi connectivity index (χ2v) is 5.51. The van der Waals surface area contributed by atoms with Gasteiger partial charge in [-0.2, -0.15) is 0 Å². The van der Waals surface area contributed by atoms with Gasteiger partial charge in [-0.25, -0.2) is 0 Å². The maximum Gasteiger partial charge on any atom is 0.220 e. The molecule has 0 aromatic heterocycles. The quantitative estimate of drug-likeness (QED) is 0.799. The van der Waals surface area contributed by atoms with E-state index in [2.05, 4.69) is 12.2 Å². The summed E-state index contributed by atoms with van der Waals surface area (Å²) in [5, 5.41) is 3.26. The molecule has 0 aromatic carbocycles. The third-order valence-corrected chi connectivity index (χ3v) is 4.37. The van der Waals surface area contributed by atoms with Gasteiger partial charge in [-0.1, -0.05) is 26.2 Å². The van der Waals surface area contributed by atoms with Crippen molar-refractivity contribution in [2.24, 2.45) is 11.8 Å². The molecule has 1 spiro atoms. The van der Waals surface area contributed by atoms with Crippen LogP contribution in [-0.4, -0.2) is 25.2 Å². The molecular formula is C13H23NO2. The van der Waals surface area contributed by atoms with Crippen LogP contribution in [-0.2, 0) is 9.53 Å². The predicted octanol–water partition coefficient (Wildman–Crippen LogP) is 2.11. The Labute approximate surface area is 97.9 Å². The Balaban J connectivity index is 2.11. The van der Waals surface area contributed by atoms with E-state index in [9.17, 15) is 4.79 Å². The van der Waals surface area contributed by atoms with Crippen molar-refractivity contribution in [2.75, 3.05) is 13.7 Å². The first-order valence-electron chi connectivity index (χ1n) is 6.48. The van der Waals surface area contributed by atoms with Gasteiger partial charge in [-0.05, 0) is 24.7 Å². The Kier molecular flexibility index (Phi) is 3.53. The zero-order valence-corrected chi connectivity index (χ0v) is 10.4. The molecule has 1 aliphatic heterocycles. The maximum absolute atomic E-state index is 11.7. The lowest BCUT2D eigenvalue weighted by Crippen LogP contribution is -2.49. The van der Waals surface area contributed by atoms with Crippen molar-refractivity contribution in [3.05, 3.63) is 0 Å². The summed E-state index contributed by atoms with van der Waals surface area (Å²) < 4.78 is 5.25. The fourth-order valence-corrected chi connectivity index (χ4v) is 3.62. The lowest BCUT2D eigenvalue weighted by atomic mass is 9.69. The Morgan fingerprint density at radius 1 is 1.44 bits per heavy atom. The molecule has 2 rings (SSSR count). The minimum Gasteiger partial charge on any atom is -0.384 e. The van der Waals surface area contributed by atoms with E-state index in [0.717, 1.165) is 19.4 Å². The second-order valence-electron chi connectivity index (χ2n) is 5.51. The summed E-state index contributed by atoms with van der Waals surface area (Å²) in [7, 11) is 1.74. The number of methoxy groups -OCH3 is 1. The van der Waals surface area contributed by atoms with Crippen LogP contribution in [0.1, 0.15) is 45.4 Å². The summed E-state index contributed by atoms with van der Waals surface area (Å²) in [4.78, 5) is 11.7. The normalized spacial score (nSPS) is 30.4. The summed E-state index contributed by atoms with van der Waals surface area (Å²) in [6.07, 6.45) is 6.87. The first-order chi connectivity index (χ1) is 7.68. The molecule has 92 valence electrons. The highest BCUT2D eigenvalue weighted by molar-refractivity contribution is 5.80. The van der Waals surface area contributed by atoms with E-state index in [1.165, 1.54) is 19.3 Å². The number of hydrogen-bond acceptors (Lipinski definition) is 2. The third kappa shape index (κ3) is 2.10. The summed E-state index contributed by atoms with van der Waals surface area (Å²) >= 11 is 0. The number of hydrogen-bond donors (Lipinski definition) is 1. The second kappa shape index (κ2) is 4.74. The van der Waals surface area contributed by atoms with E-state index >= 15 is 0 Å². The Bertz CT molecular complexity index is 259. The number of nitrogens with one attached hydrogen (secondary N) is 1. The first kappa shape index (κ1) is 11.9. The monoisotopic (exact) mass is 225 g/mol. The van der Waals surface area contributed by atoms with Gasteiger partial charge in [0.25, 0.3) is 0 Å². The number of ether oxygens (including phenoxy) is 1. The molecule has 2 aliphatic rings. The Morgan fingerprint density at radius 3 is 2.75 bits per heavy atom. The first-order valence-corrected chi connectivity index (χ1v) is 6.48. The fourth-order valence-electron chi connectivity index (χ4n) is 3.62. The van der Waals surface area contributed by atoms with Crippen LogP contribution in [0, 0.1) is 11.8 Å². The van der Waals surface area contributed by atoms with Crippen molar-refractivity contribution in [1.29, 1.82) is 0 Å². The zero-order chi connectivity index (χ0) is 11.6. The highest BCUT2D eigenvalue weighted by Gasteiger charge is 2.48. The predicted molar refractivity (Wildman–Crippen MR) is 63.1 cm³/mol. The van der Waals surface area contributed by atoms with E-state index < -0.39 is 0 Å². The van der Waals surface area contributed by atoms with E-state index in [0.29, 0.717) is 18.3 Å². The van der Waals surface area contributed by atoms with E-state index in [1.807, 2.05) is 0 Å². The number of carbonyl (C=O) groups excluding carboxylic acids is 1. The fraction of sp³-hybridized carbons (Fsp3) is 0.923. The largest absolute Gasteiger partial charge is 0.384 e. The summed E-state index contributed by atoms with van der Waals surface area (Å²) in [5.74, 6) is 1.19. The smallest absolute Gasteiger partial charge is 0.220 e. The van der Waals surface area contributed by atoms with Crippen LogP contribution >= 0.6 is 0 Å². The van der Waals surface area contributed by atoms with Crippen molar-refractivity contribution in [1.82, 2.24) is 5.32 Å². The molecule has 0 aromatic rings. The molecule has 16 heavy (non-hydrogen) atoms. The zero-order valence-electron chi connectivity index (χ0n) is 10.4. The molecule has 1 amide bonds. The molecule has 1 saturated heterocycles. The van der Waals surface area contributed by atoms with E-state index in [-0.39, 0.29) is 11.4 Å². The van der Waals surface area contributed by atoms with Gasteiger partial charge in [0.15, 0.2) is 0 Å². The minimum absolute atomic E-state index is 0.104. The molecular weight excluding hydrogens is 202 g/mol. The number of rotatable bonds is 3. The number of carbonyl (C=O) groups is 1. The molecule has 1 saturated carbocycles. The molecule has 2 fully saturated rings. The van der Waals surface area contributed by atoms with Crippen molar-refractivity contribution in [2.45, 2.75) is 51.0 Å². The topological polar surface area (TPSA) is 38.3 Å². The van der Waals surface area contributed by atoms with Crippen LogP contribution in [0.15, 0.2) is 0 Å². The lowest BCUT2D eigenvalue weighted by molar-refractivity contribution is -0.120. The van der Waals surface area contributed by atoms with E-state index in [1.54, 1.807) is 7.11 Å². The SMILES string of the molecule is COCC(C)C1CC(=O)NC12CCCCC2. The molecule has 1 aliphatic carbocycles. The van der Waals surface area contributed by atoms with Crippen LogP contribution < -0.4 is 5.32 Å². The summed E-state index contributed by atoms with van der Waals surface area (Å²) in [6.45, 7) is 2.98. The Morgan fingerprint density at radius 2 is 2.12 bits per heavy atom. The van der Waals surface area contributed by atoms with Gasteiger partial charge >= 0.3 is 0 Å². The maximum atomic E-state index is 11.7. The molecule has 2 unspecified atom stereocenters. The highest BCUT2D eigenvalue weighted by atomic mass is 16.5. The average Bonchev–Trinajstić information content (AvgIpc) is 2.57. The van der Waals surface area contributed by atoms with Crippen molar-refractivity contribution < 1.29 is 9.53 Å². The molecule has 3 heteroatoms. The van der Waals surface area contributed by atoms with Gasteiger partial charge in [0.2, 0.25) is 5.91 Å². The van der Waals surface area contributed by atoms with Crippen molar-refractivity contribution in [3.63, 3.8) is 0 Å². The third-order valence-electron chi connectivity index (χ3n) is 4.37. The lowest BCUT2D eigenvalue weighted by Gasteiger charge is -2.41. The average molecular weight is 225 g/mol. The molecule has 1 heterocycles. The summed E-state index contributed by atoms with van der Waals surface area (Å²) in [6, 6.07) is 0. The van der Waals surface area contributed by atoms with Gasteiger partial charge in [0.1, 0.15) is 0 Å². The van der Waals surface area contributed by atoms with Crippen LogP contribution in [0.5, 0.6) is 0 Å². The van der Waals surface area contributed by atoms with Crippen molar-refractivity contribution in [3.8, 4) is 0 Å². The van der Waals surface area contributed by atoms with Gasteiger partial charge in [0, 0.05) is 25.7 Å². The minimum atomic E-state index is 0.104. The van der Waals surface area contributed by atoms with Crippen LogP contribution in [0.4, 0.5) is 0 Å². The molecule has 0 radical (unpaired) electrons. The van der Waals surface area contributed by atoms with Gasteiger partial charge < -0.3 is 10.1 Å². The van der Waals surface area contributed by atoms with Gasteiger partial charge in [-0.3, -0.25) is 4.79 Å². The summed E-state index contributed by atoms with van der Waals surface area (Å²) in [5.41, 5.74) is 0.104. The van der Waals surface area contributed by atoms with Crippen LogP contribution in [0.3, 0.4) is 0 Å². The van der Waals surface area contributed by atoms with E-state index in [4.69, 9.17) is 4.74 Å². The van der Waals surface area contributed by atoms with Gasteiger partial charge in [0.05, 0.1) is 0 Å². The standard InChI is InChI=1S/C13H23NO2/c1-10(9-16-2)11-8-12(15)14-13(11)6-4-3-5-7-13/h10-11H,3-9H2,1-2H3,(H,14,15). The van der Waals surface area contributed by atoms with Crippen LogP contribution in [0.2, 0.25) is 0 Å². The number of amides is 1. The Hall–Kier alpha value is -0.570. The molecule has 2 atom stereocenters. The molecule has 1 N–H and O–H groups in total. The molecule has 3 nitrogen and oxygen atoms in total. The highest BCUT2D eigenvalue weighted by Crippen LogP contribution is 2.43. The van der Waals surface area contributed by atoms with Gasteiger partial charge in [-0.15, -0.1) is 0 Å². The van der Waals surface area contributed by atoms with Crippen LogP contribution in [0.25, 0.3) is 0 Å². The molecule has 0 bridgehead atoms. The van der Waals surface area contributed by atoms with Crippen molar-refractivity contribution >= 4 is 5.91 Å².